The summed E-state index contributed by atoms with van der Waals surface area (Å²) in [5.41, 5.74) is 1.95. The number of ether oxygens (including phenoxy) is 1. The summed E-state index contributed by atoms with van der Waals surface area (Å²) < 4.78 is 6.13. The number of carbonyl (C=O) groups excluding carboxylic acids is 1. The summed E-state index contributed by atoms with van der Waals surface area (Å²) in [5, 5.41) is 0.996. The maximum Gasteiger partial charge on any atom is 0.227 e. The van der Waals surface area contributed by atoms with E-state index in [-0.39, 0.29) is 24.0 Å². The molecule has 3 fully saturated rings. The van der Waals surface area contributed by atoms with Gasteiger partial charge in [0.15, 0.2) is 0 Å². The fourth-order valence-corrected chi connectivity index (χ4v) is 5.88. The fourth-order valence-electron chi connectivity index (χ4n) is 5.56. The van der Waals surface area contributed by atoms with Crippen molar-refractivity contribution in [2.45, 2.75) is 43.9 Å². The predicted octanol–water partition coefficient (Wildman–Crippen LogP) is 3.51. The molecule has 8 heteroatoms. The molecule has 0 aliphatic carbocycles. The van der Waals surface area contributed by atoms with Crippen LogP contribution >= 0.6 is 23.2 Å². The van der Waals surface area contributed by atoms with Crippen LogP contribution in [0.5, 0.6) is 0 Å². The Morgan fingerprint density at radius 3 is 2.58 bits per heavy atom. The van der Waals surface area contributed by atoms with Crippen molar-refractivity contribution in [1.29, 1.82) is 0 Å². The van der Waals surface area contributed by atoms with Gasteiger partial charge < -0.3 is 9.64 Å². The Kier molecular flexibility index (Phi) is 7.18. The zero-order valence-electron chi connectivity index (χ0n) is 18.7. The number of carbonyl (C=O) groups is 1. The van der Waals surface area contributed by atoms with Crippen LogP contribution in [-0.4, -0.2) is 83.1 Å². The Labute approximate surface area is 205 Å². The molecule has 0 spiro atoms. The maximum atomic E-state index is 13.6. The van der Waals surface area contributed by atoms with Gasteiger partial charge in [0.25, 0.3) is 0 Å². The van der Waals surface area contributed by atoms with Crippen LogP contribution in [0, 0.1) is 0 Å². The number of halogens is 2. The van der Waals surface area contributed by atoms with Gasteiger partial charge in [0.2, 0.25) is 5.91 Å². The van der Waals surface area contributed by atoms with E-state index in [0.29, 0.717) is 36.2 Å². The Morgan fingerprint density at radius 1 is 1.00 bits per heavy atom. The molecule has 1 unspecified atom stereocenters. The average Bonchev–Trinajstić information content (AvgIpc) is 3.37. The molecule has 0 bridgehead atoms. The lowest BCUT2D eigenvalue weighted by molar-refractivity contribution is -0.153. The summed E-state index contributed by atoms with van der Waals surface area (Å²) in [6.07, 6.45) is 4.59. The average molecular weight is 489 g/mol. The first-order valence-corrected chi connectivity index (χ1v) is 12.5. The van der Waals surface area contributed by atoms with Gasteiger partial charge in [-0.1, -0.05) is 35.3 Å². The normalized spacial score (nSPS) is 26.4. The van der Waals surface area contributed by atoms with Gasteiger partial charge in [-0.05, 0) is 55.8 Å². The Hall–Kier alpha value is -1.70. The SMILES string of the molecule is O=C(Cc1ccc(Cl)c(Cl)c1)N1CCN(Cc2ccccn2)C2COC[C@H](N3CCCC3)[C@H]21. The van der Waals surface area contributed by atoms with Gasteiger partial charge in [0.05, 0.1) is 53.5 Å². The van der Waals surface area contributed by atoms with E-state index in [1.165, 1.54) is 12.8 Å². The summed E-state index contributed by atoms with van der Waals surface area (Å²) in [4.78, 5) is 25.2. The second-order valence-corrected chi connectivity index (χ2v) is 10.0. The third-order valence-corrected chi connectivity index (χ3v) is 7.92. The third-order valence-electron chi connectivity index (χ3n) is 7.18. The van der Waals surface area contributed by atoms with E-state index >= 15 is 0 Å². The van der Waals surface area contributed by atoms with Gasteiger partial charge in [-0.2, -0.15) is 0 Å². The minimum Gasteiger partial charge on any atom is -0.378 e. The summed E-state index contributed by atoms with van der Waals surface area (Å²) in [6.45, 7) is 5.75. The quantitative estimate of drug-likeness (QED) is 0.644. The highest BCUT2D eigenvalue weighted by atomic mass is 35.5. The van der Waals surface area contributed by atoms with Crippen LogP contribution in [0.1, 0.15) is 24.1 Å². The number of amides is 1. The maximum absolute atomic E-state index is 13.6. The number of fused-ring (bicyclic) bond motifs is 1. The van der Waals surface area contributed by atoms with Crippen molar-refractivity contribution >= 4 is 29.1 Å². The van der Waals surface area contributed by atoms with E-state index < -0.39 is 0 Å². The Balaban J connectivity index is 1.39. The molecule has 1 aromatic carbocycles. The van der Waals surface area contributed by atoms with Crippen molar-refractivity contribution in [3.8, 4) is 0 Å². The lowest BCUT2D eigenvalue weighted by atomic mass is 9.90. The Morgan fingerprint density at radius 2 is 1.82 bits per heavy atom. The number of pyridine rings is 1. The highest BCUT2D eigenvalue weighted by Crippen LogP contribution is 2.31. The van der Waals surface area contributed by atoms with E-state index in [1.807, 2.05) is 24.4 Å². The number of hydrogen-bond donors (Lipinski definition) is 0. The number of hydrogen-bond acceptors (Lipinski definition) is 5. The van der Waals surface area contributed by atoms with Gasteiger partial charge in [0, 0.05) is 25.8 Å². The van der Waals surface area contributed by atoms with Crippen molar-refractivity contribution in [1.82, 2.24) is 19.7 Å². The zero-order valence-corrected chi connectivity index (χ0v) is 20.2. The summed E-state index contributed by atoms with van der Waals surface area (Å²) in [5.74, 6) is 0.145. The van der Waals surface area contributed by atoms with Crippen LogP contribution < -0.4 is 0 Å². The van der Waals surface area contributed by atoms with Gasteiger partial charge in [-0.25, -0.2) is 0 Å². The van der Waals surface area contributed by atoms with E-state index in [2.05, 4.69) is 25.8 Å². The number of piperazine rings is 1. The molecule has 0 N–H and O–H groups in total. The van der Waals surface area contributed by atoms with Gasteiger partial charge >= 0.3 is 0 Å². The third kappa shape index (κ3) is 5.05. The molecule has 33 heavy (non-hydrogen) atoms. The van der Waals surface area contributed by atoms with Crippen LogP contribution in [0.25, 0.3) is 0 Å². The van der Waals surface area contributed by atoms with Crippen molar-refractivity contribution in [3.63, 3.8) is 0 Å². The molecule has 0 saturated carbocycles. The second-order valence-electron chi connectivity index (χ2n) is 9.21. The van der Waals surface area contributed by atoms with Gasteiger partial charge in [-0.15, -0.1) is 0 Å². The smallest absolute Gasteiger partial charge is 0.227 e. The minimum absolute atomic E-state index is 0.101. The van der Waals surface area contributed by atoms with E-state index in [4.69, 9.17) is 27.9 Å². The molecular formula is C25H30Cl2N4O2. The van der Waals surface area contributed by atoms with E-state index in [1.54, 1.807) is 12.1 Å². The first-order chi connectivity index (χ1) is 16.1. The lowest BCUT2D eigenvalue weighted by Gasteiger charge is -2.54. The molecule has 5 rings (SSSR count). The fraction of sp³-hybridized carbons (Fsp3) is 0.520. The number of benzene rings is 1. The van der Waals surface area contributed by atoms with Crippen molar-refractivity contribution < 1.29 is 9.53 Å². The number of rotatable bonds is 5. The largest absolute Gasteiger partial charge is 0.378 e. The number of likely N-dealkylation sites (tertiary alicyclic amines) is 1. The second kappa shape index (κ2) is 10.3. The minimum atomic E-state index is 0.101. The molecule has 3 saturated heterocycles. The molecule has 2 aromatic rings. The number of aromatic nitrogens is 1. The first kappa shape index (κ1) is 23.1. The van der Waals surface area contributed by atoms with Gasteiger partial charge in [-0.3, -0.25) is 19.6 Å². The van der Waals surface area contributed by atoms with Gasteiger partial charge in [0.1, 0.15) is 0 Å². The molecule has 1 aromatic heterocycles. The number of nitrogens with zero attached hydrogens (tertiary/aromatic N) is 4. The van der Waals surface area contributed by atoms with Crippen LogP contribution in [0.2, 0.25) is 10.0 Å². The monoisotopic (exact) mass is 488 g/mol. The van der Waals surface area contributed by atoms with E-state index in [0.717, 1.165) is 37.4 Å². The molecule has 176 valence electrons. The molecule has 6 nitrogen and oxygen atoms in total. The van der Waals surface area contributed by atoms with Crippen LogP contribution in [0.15, 0.2) is 42.6 Å². The van der Waals surface area contributed by atoms with E-state index in [9.17, 15) is 4.79 Å². The summed E-state index contributed by atoms with van der Waals surface area (Å²) >= 11 is 12.3. The van der Waals surface area contributed by atoms with Crippen molar-refractivity contribution in [2.24, 2.45) is 0 Å². The molecule has 3 aliphatic rings. The standard InChI is InChI=1S/C25H30Cl2N4O2/c26-20-7-6-18(13-21(20)27)14-24(32)31-12-11-30(15-19-5-1-2-8-28-19)23-17-33-16-22(25(23)31)29-9-3-4-10-29/h1-2,5-8,13,22-23,25H,3-4,9-12,14-17H2/t22-,23?,25+/m0/s1. The zero-order chi connectivity index (χ0) is 22.8. The lowest BCUT2D eigenvalue weighted by Crippen LogP contribution is -2.71. The molecule has 0 radical (unpaired) electrons. The topological polar surface area (TPSA) is 48.9 Å². The van der Waals surface area contributed by atoms with Crippen LogP contribution in [0.4, 0.5) is 0 Å². The molecule has 1 amide bonds. The Bertz CT molecular complexity index is 970. The molecule has 3 aliphatic heterocycles. The molecular weight excluding hydrogens is 459 g/mol. The highest BCUT2D eigenvalue weighted by Gasteiger charge is 2.47. The molecule has 4 heterocycles. The van der Waals surface area contributed by atoms with Crippen molar-refractivity contribution in [2.75, 3.05) is 39.4 Å². The first-order valence-electron chi connectivity index (χ1n) is 11.8. The van der Waals surface area contributed by atoms with Crippen LogP contribution in [0.3, 0.4) is 0 Å². The van der Waals surface area contributed by atoms with Crippen molar-refractivity contribution in [3.05, 3.63) is 63.9 Å². The molecule has 3 atom stereocenters. The predicted molar refractivity (Wildman–Crippen MR) is 130 cm³/mol. The van der Waals surface area contributed by atoms with Crippen LogP contribution in [-0.2, 0) is 22.5 Å². The summed E-state index contributed by atoms with van der Waals surface area (Å²) in [6, 6.07) is 12.0. The highest BCUT2D eigenvalue weighted by molar-refractivity contribution is 6.42. The summed E-state index contributed by atoms with van der Waals surface area (Å²) in [7, 11) is 0.